The zero-order valence-corrected chi connectivity index (χ0v) is 22.9. The molecule has 196 valence electrons. The van der Waals surface area contributed by atoms with Crippen molar-refractivity contribution in [1.82, 2.24) is 10.6 Å². The van der Waals surface area contributed by atoms with E-state index < -0.39 is 17.7 Å². The molecule has 3 rings (SSSR count). The Balaban J connectivity index is 1.55. The molecule has 0 aromatic heterocycles. The Morgan fingerprint density at radius 3 is 2.28 bits per heavy atom. The molecule has 6 nitrogen and oxygen atoms in total. The Hall–Kier alpha value is -2.67. The molecule has 1 fully saturated rings. The molecule has 0 radical (unpaired) electrons. The standard InChI is InChI=1S/C29H41N3O3S/c1-29(2,3)35-28(34)31-26(21-36-20-23-11-7-5-8-12-23)27(33)30-19-22-15-17-25(18-16-22)32(4)24-13-9-6-10-14-24/h6,9-10,13-18,23,26H,5,7-8,11-12,19-21H2,1-4H3,(H,30,33)(H,31,34). The van der Waals surface area contributed by atoms with E-state index in [0.29, 0.717) is 18.2 Å². The van der Waals surface area contributed by atoms with Crippen LogP contribution >= 0.6 is 11.8 Å². The lowest BCUT2D eigenvalue weighted by atomic mass is 9.91. The van der Waals surface area contributed by atoms with Crippen molar-refractivity contribution < 1.29 is 14.3 Å². The van der Waals surface area contributed by atoms with Crippen LogP contribution in [0.5, 0.6) is 0 Å². The summed E-state index contributed by atoms with van der Waals surface area (Å²) in [5.41, 5.74) is 2.56. The van der Waals surface area contributed by atoms with Crippen molar-refractivity contribution in [2.45, 2.75) is 71.1 Å². The van der Waals surface area contributed by atoms with Crippen molar-refractivity contribution in [3.8, 4) is 0 Å². The third-order valence-electron chi connectivity index (χ3n) is 6.30. The Kier molecular flexibility index (Phi) is 10.5. The molecule has 0 heterocycles. The summed E-state index contributed by atoms with van der Waals surface area (Å²) in [6.07, 6.45) is 5.89. The molecule has 1 aliphatic rings. The van der Waals surface area contributed by atoms with Crippen LogP contribution in [-0.4, -0.2) is 42.2 Å². The molecule has 0 saturated heterocycles. The number of para-hydroxylation sites is 1. The second kappa shape index (κ2) is 13.6. The van der Waals surface area contributed by atoms with Crippen LogP contribution in [0.2, 0.25) is 0 Å². The average molecular weight is 512 g/mol. The van der Waals surface area contributed by atoms with Crippen LogP contribution in [-0.2, 0) is 16.1 Å². The number of amides is 2. The molecule has 1 saturated carbocycles. The monoisotopic (exact) mass is 511 g/mol. The first-order valence-electron chi connectivity index (χ1n) is 12.9. The number of anilines is 2. The van der Waals surface area contributed by atoms with Gasteiger partial charge in [-0.1, -0.05) is 49.6 Å². The molecule has 0 bridgehead atoms. The fourth-order valence-electron chi connectivity index (χ4n) is 4.29. The van der Waals surface area contributed by atoms with Gasteiger partial charge in [0, 0.05) is 30.7 Å². The Morgan fingerprint density at radius 1 is 1.00 bits per heavy atom. The molecule has 1 unspecified atom stereocenters. The topological polar surface area (TPSA) is 70.7 Å². The Bertz CT molecular complexity index is 954. The molecule has 1 aliphatic carbocycles. The van der Waals surface area contributed by atoms with Gasteiger partial charge in [0.15, 0.2) is 0 Å². The molecule has 2 aromatic rings. The lowest BCUT2D eigenvalue weighted by molar-refractivity contribution is -0.122. The number of nitrogens with one attached hydrogen (secondary N) is 2. The minimum absolute atomic E-state index is 0.192. The minimum Gasteiger partial charge on any atom is -0.444 e. The first kappa shape index (κ1) is 27.9. The molecule has 0 aliphatic heterocycles. The van der Waals surface area contributed by atoms with E-state index in [0.717, 1.165) is 22.7 Å². The SMILES string of the molecule is CN(c1ccccc1)c1ccc(CNC(=O)C(CSCC2CCCCC2)NC(=O)OC(C)(C)C)cc1. The van der Waals surface area contributed by atoms with E-state index in [-0.39, 0.29) is 5.91 Å². The van der Waals surface area contributed by atoms with Gasteiger partial charge in [-0.2, -0.15) is 11.8 Å². The molecule has 2 N–H and O–H groups in total. The predicted octanol–water partition coefficient (Wildman–Crippen LogP) is 6.28. The maximum atomic E-state index is 13.1. The van der Waals surface area contributed by atoms with Crippen LogP contribution in [0.4, 0.5) is 16.2 Å². The van der Waals surface area contributed by atoms with Gasteiger partial charge in [0.05, 0.1) is 0 Å². The quantitative estimate of drug-likeness (QED) is 0.393. The first-order valence-corrected chi connectivity index (χ1v) is 14.1. The van der Waals surface area contributed by atoms with Crippen molar-refractivity contribution in [2.75, 3.05) is 23.5 Å². The highest BCUT2D eigenvalue weighted by atomic mass is 32.2. The van der Waals surface area contributed by atoms with E-state index in [1.165, 1.54) is 32.1 Å². The van der Waals surface area contributed by atoms with E-state index in [9.17, 15) is 9.59 Å². The van der Waals surface area contributed by atoms with Crippen molar-refractivity contribution in [1.29, 1.82) is 0 Å². The zero-order chi connectivity index (χ0) is 26.0. The molecular formula is C29H41N3O3S. The molecule has 1 atom stereocenters. The highest BCUT2D eigenvalue weighted by molar-refractivity contribution is 7.99. The van der Waals surface area contributed by atoms with Crippen molar-refractivity contribution >= 4 is 35.1 Å². The lowest BCUT2D eigenvalue weighted by Gasteiger charge is -2.25. The van der Waals surface area contributed by atoms with Gasteiger partial charge in [0.2, 0.25) is 5.91 Å². The number of thioether (sulfide) groups is 1. The van der Waals surface area contributed by atoms with E-state index in [1.54, 1.807) is 11.8 Å². The summed E-state index contributed by atoms with van der Waals surface area (Å²) >= 11 is 1.74. The maximum absolute atomic E-state index is 13.1. The number of hydrogen-bond acceptors (Lipinski definition) is 5. The number of hydrogen-bond donors (Lipinski definition) is 2. The zero-order valence-electron chi connectivity index (χ0n) is 22.1. The highest BCUT2D eigenvalue weighted by Gasteiger charge is 2.25. The second-order valence-corrected chi connectivity index (χ2v) is 11.6. The number of rotatable bonds is 10. The lowest BCUT2D eigenvalue weighted by Crippen LogP contribution is -2.49. The normalized spacial score (nSPS) is 15.1. The summed E-state index contributed by atoms with van der Waals surface area (Å²) in [6.45, 7) is 5.85. The summed E-state index contributed by atoms with van der Waals surface area (Å²) < 4.78 is 5.41. The molecular weight excluding hydrogens is 470 g/mol. The summed E-state index contributed by atoms with van der Waals surface area (Å²) in [5, 5.41) is 5.79. The van der Waals surface area contributed by atoms with Gasteiger partial charge in [-0.3, -0.25) is 4.79 Å². The fourth-order valence-corrected chi connectivity index (χ4v) is 5.56. The maximum Gasteiger partial charge on any atom is 0.408 e. The van der Waals surface area contributed by atoms with Gasteiger partial charge in [-0.15, -0.1) is 0 Å². The third kappa shape index (κ3) is 9.41. The van der Waals surface area contributed by atoms with Crippen LogP contribution in [0.1, 0.15) is 58.4 Å². The largest absolute Gasteiger partial charge is 0.444 e. The number of carbonyl (C=O) groups is 2. The van der Waals surface area contributed by atoms with Gasteiger partial charge in [0.1, 0.15) is 11.6 Å². The van der Waals surface area contributed by atoms with Gasteiger partial charge < -0.3 is 20.3 Å². The van der Waals surface area contributed by atoms with Crippen LogP contribution < -0.4 is 15.5 Å². The summed E-state index contributed by atoms with van der Waals surface area (Å²) in [7, 11) is 2.03. The molecule has 7 heteroatoms. The summed E-state index contributed by atoms with van der Waals surface area (Å²) in [5.74, 6) is 2.07. The van der Waals surface area contributed by atoms with E-state index in [1.807, 2.05) is 70.3 Å². The van der Waals surface area contributed by atoms with E-state index in [2.05, 4.69) is 27.7 Å². The van der Waals surface area contributed by atoms with E-state index in [4.69, 9.17) is 4.74 Å². The van der Waals surface area contributed by atoms with Crippen molar-refractivity contribution in [3.63, 3.8) is 0 Å². The van der Waals surface area contributed by atoms with Gasteiger partial charge in [-0.05, 0) is 75.1 Å². The highest BCUT2D eigenvalue weighted by Crippen LogP contribution is 2.27. The van der Waals surface area contributed by atoms with Gasteiger partial charge in [0.25, 0.3) is 0 Å². The summed E-state index contributed by atoms with van der Waals surface area (Å²) in [6, 6.07) is 17.7. The summed E-state index contributed by atoms with van der Waals surface area (Å²) in [4.78, 5) is 27.6. The number of nitrogens with zero attached hydrogens (tertiary/aromatic N) is 1. The van der Waals surface area contributed by atoms with Gasteiger partial charge >= 0.3 is 6.09 Å². The number of ether oxygens (including phenoxy) is 1. The second-order valence-electron chi connectivity index (χ2n) is 10.5. The Morgan fingerprint density at radius 2 is 1.64 bits per heavy atom. The van der Waals surface area contributed by atoms with Crippen LogP contribution in [0.25, 0.3) is 0 Å². The van der Waals surface area contributed by atoms with Crippen LogP contribution in [0.3, 0.4) is 0 Å². The molecule has 2 amide bonds. The molecule has 0 spiro atoms. The van der Waals surface area contributed by atoms with Crippen molar-refractivity contribution in [2.24, 2.45) is 5.92 Å². The van der Waals surface area contributed by atoms with E-state index >= 15 is 0 Å². The fraction of sp³-hybridized carbons (Fsp3) is 0.517. The smallest absolute Gasteiger partial charge is 0.408 e. The minimum atomic E-state index is -0.642. The number of carbonyl (C=O) groups excluding carboxylic acids is 2. The Labute approximate surface area is 220 Å². The van der Waals surface area contributed by atoms with Gasteiger partial charge in [-0.25, -0.2) is 4.79 Å². The average Bonchev–Trinajstić information content (AvgIpc) is 2.86. The molecule has 2 aromatic carbocycles. The number of alkyl carbamates (subject to hydrolysis) is 1. The predicted molar refractivity (Wildman–Crippen MR) is 150 cm³/mol. The van der Waals surface area contributed by atoms with Crippen LogP contribution in [0.15, 0.2) is 54.6 Å². The first-order chi connectivity index (χ1) is 17.2. The number of benzene rings is 2. The molecule has 36 heavy (non-hydrogen) atoms. The van der Waals surface area contributed by atoms with Crippen LogP contribution in [0, 0.1) is 5.92 Å². The third-order valence-corrected chi connectivity index (χ3v) is 7.58. The van der Waals surface area contributed by atoms with Crippen molar-refractivity contribution in [3.05, 3.63) is 60.2 Å².